The minimum absolute atomic E-state index is 0.116. The van der Waals surface area contributed by atoms with Crippen LogP contribution in [-0.4, -0.2) is 37.2 Å². The first kappa shape index (κ1) is 54.6. The summed E-state index contributed by atoms with van der Waals surface area (Å²) in [5.74, 6) is -1.03. The van der Waals surface area contributed by atoms with E-state index in [1.54, 1.807) is 0 Å². The van der Waals surface area contributed by atoms with Crippen LogP contribution in [0.3, 0.4) is 0 Å². The highest BCUT2D eigenvalue weighted by atomic mass is 16.6. The molecule has 0 radical (unpaired) electrons. The Balaban J connectivity index is 4.50. The number of hydrogen-bond acceptors (Lipinski definition) is 6. The van der Waals surface area contributed by atoms with E-state index in [-0.39, 0.29) is 31.6 Å². The highest BCUT2D eigenvalue weighted by molar-refractivity contribution is 5.71. The van der Waals surface area contributed by atoms with Crippen LogP contribution < -0.4 is 0 Å². The Morgan fingerprint density at radius 1 is 0.379 bits per heavy atom. The highest BCUT2D eigenvalue weighted by Crippen LogP contribution is 2.12. The normalized spacial score (nSPS) is 12.8. The summed E-state index contributed by atoms with van der Waals surface area (Å²) in [4.78, 5) is 37.7. The first-order valence-corrected chi connectivity index (χ1v) is 23.6. The second-order valence-electron chi connectivity index (χ2n) is 15.3. The van der Waals surface area contributed by atoms with Gasteiger partial charge in [-0.25, -0.2) is 0 Å². The molecular formula is C52H86O6. The Labute approximate surface area is 356 Å². The lowest BCUT2D eigenvalue weighted by molar-refractivity contribution is -0.166. The summed E-state index contributed by atoms with van der Waals surface area (Å²) in [6.45, 7) is 6.36. The fourth-order valence-corrected chi connectivity index (χ4v) is 6.07. The van der Waals surface area contributed by atoms with Gasteiger partial charge >= 0.3 is 17.9 Å². The quantitative estimate of drug-likeness (QED) is 0.0201. The van der Waals surface area contributed by atoms with Gasteiger partial charge in [-0.2, -0.15) is 0 Å². The maximum absolute atomic E-state index is 12.7. The van der Waals surface area contributed by atoms with E-state index >= 15 is 0 Å². The summed E-state index contributed by atoms with van der Waals surface area (Å²) in [6, 6.07) is 0. The number of allylic oxidation sites excluding steroid dienone is 14. The molecule has 0 N–H and O–H groups in total. The van der Waals surface area contributed by atoms with Crippen LogP contribution in [0, 0.1) is 0 Å². The van der Waals surface area contributed by atoms with E-state index in [9.17, 15) is 14.4 Å². The molecule has 6 nitrogen and oxygen atoms in total. The SMILES string of the molecule is CC/C=C\C/C=C\C/C=C\CCCCCCCCC(=O)OCC(COC(=O)CCCCC/C=C\C=C/CCCC)OC(=O)CC/C=C\C/C=C\CCCCCCCC. The smallest absolute Gasteiger partial charge is 0.306 e. The third kappa shape index (κ3) is 43.7. The predicted octanol–water partition coefficient (Wildman–Crippen LogP) is 15.3. The maximum Gasteiger partial charge on any atom is 0.306 e. The molecule has 0 spiro atoms. The zero-order valence-corrected chi connectivity index (χ0v) is 37.5. The van der Waals surface area contributed by atoms with E-state index in [0.29, 0.717) is 19.3 Å². The highest BCUT2D eigenvalue weighted by Gasteiger charge is 2.19. The zero-order valence-electron chi connectivity index (χ0n) is 37.5. The van der Waals surface area contributed by atoms with E-state index < -0.39 is 12.1 Å². The first-order valence-electron chi connectivity index (χ1n) is 23.6. The minimum atomic E-state index is -0.821. The van der Waals surface area contributed by atoms with E-state index in [1.807, 2.05) is 6.08 Å². The third-order valence-electron chi connectivity index (χ3n) is 9.64. The molecule has 0 aromatic carbocycles. The van der Waals surface area contributed by atoms with Crippen molar-refractivity contribution in [2.45, 2.75) is 213 Å². The molecule has 0 aromatic rings. The van der Waals surface area contributed by atoms with Crippen molar-refractivity contribution in [2.75, 3.05) is 13.2 Å². The lowest BCUT2D eigenvalue weighted by Gasteiger charge is -2.18. The molecule has 330 valence electrons. The molecule has 0 rings (SSSR count). The predicted molar refractivity (Wildman–Crippen MR) is 247 cm³/mol. The Hall–Kier alpha value is -3.41. The van der Waals surface area contributed by atoms with Gasteiger partial charge in [0.25, 0.3) is 0 Å². The van der Waals surface area contributed by atoms with Gasteiger partial charge in [0.05, 0.1) is 0 Å². The molecule has 1 atom stereocenters. The number of unbranched alkanes of at least 4 members (excludes halogenated alkanes) is 17. The fraction of sp³-hybridized carbons (Fsp3) is 0.673. The van der Waals surface area contributed by atoms with Crippen LogP contribution in [0.5, 0.6) is 0 Å². The van der Waals surface area contributed by atoms with Crippen LogP contribution in [-0.2, 0) is 28.6 Å². The second kappa shape index (κ2) is 46.3. The number of carbonyl (C=O) groups excluding carboxylic acids is 3. The molecule has 0 aliphatic carbocycles. The number of carbonyl (C=O) groups is 3. The van der Waals surface area contributed by atoms with Crippen LogP contribution in [0.4, 0.5) is 0 Å². The van der Waals surface area contributed by atoms with E-state index in [2.05, 4.69) is 99.8 Å². The molecule has 6 heteroatoms. The van der Waals surface area contributed by atoms with Gasteiger partial charge in [-0.1, -0.05) is 183 Å². The van der Waals surface area contributed by atoms with Gasteiger partial charge < -0.3 is 14.2 Å². The van der Waals surface area contributed by atoms with Crippen molar-refractivity contribution < 1.29 is 28.6 Å². The number of esters is 3. The molecule has 0 aromatic heterocycles. The summed E-state index contributed by atoms with van der Waals surface area (Å²) in [7, 11) is 0. The average Bonchev–Trinajstić information content (AvgIpc) is 3.22. The average molecular weight is 807 g/mol. The van der Waals surface area contributed by atoms with Gasteiger partial charge in [0, 0.05) is 19.3 Å². The molecule has 0 heterocycles. The van der Waals surface area contributed by atoms with Crippen LogP contribution >= 0.6 is 0 Å². The number of hydrogen-bond donors (Lipinski definition) is 0. The van der Waals surface area contributed by atoms with Crippen molar-refractivity contribution in [2.24, 2.45) is 0 Å². The molecule has 58 heavy (non-hydrogen) atoms. The molecule has 0 bridgehead atoms. The number of ether oxygens (including phenoxy) is 3. The van der Waals surface area contributed by atoms with Gasteiger partial charge in [0.1, 0.15) is 13.2 Å². The molecule has 1 unspecified atom stereocenters. The maximum atomic E-state index is 12.7. The lowest BCUT2D eigenvalue weighted by Crippen LogP contribution is -2.30. The Morgan fingerprint density at radius 2 is 0.776 bits per heavy atom. The summed E-state index contributed by atoms with van der Waals surface area (Å²) in [5, 5.41) is 0. The van der Waals surface area contributed by atoms with Crippen molar-refractivity contribution in [3.05, 3.63) is 85.1 Å². The van der Waals surface area contributed by atoms with Crippen LogP contribution in [0.25, 0.3) is 0 Å². The van der Waals surface area contributed by atoms with Crippen molar-refractivity contribution in [3.63, 3.8) is 0 Å². The molecule has 0 aliphatic rings. The van der Waals surface area contributed by atoms with Gasteiger partial charge in [0.2, 0.25) is 0 Å². The molecular weight excluding hydrogens is 721 g/mol. The molecule has 0 aliphatic heterocycles. The van der Waals surface area contributed by atoms with Crippen molar-refractivity contribution in [1.82, 2.24) is 0 Å². The molecule has 0 saturated heterocycles. The molecule has 0 saturated carbocycles. The van der Waals surface area contributed by atoms with E-state index in [4.69, 9.17) is 14.2 Å². The summed E-state index contributed by atoms with van der Waals surface area (Å²) < 4.78 is 16.6. The summed E-state index contributed by atoms with van der Waals surface area (Å²) in [6.07, 6.45) is 58.6. The van der Waals surface area contributed by atoms with Gasteiger partial charge in [-0.05, 0) is 89.9 Å². The summed E-state index contributed by atoms with van der Waals surface area (Å²) in [5.41, 5.74) is 0. The summed E-state index contributed by atoms with van der Waals surface area (Å²) >= 11 is 0. The molecule has 0 fully saturated rings. The van der Waals surface area contributed by atoms with E-state index in [1.165, 1.54) is 64.2 Å². The van der Waals surface area contributed by atoms with Gasteiger partial charge in [0.15, 0.2) is 6.10 Å². The fourth-order valence-electron chi connectivity index (χ4n) is 6.07. The largest absolute Gasteiger partial charge is 0.462 e. The van der Waals surface area contributed by atoms with Gasteiger partial charge in [-0.3, -0.25) is 14.4 Å². The second-order valence-corrected chi connectivity index (χ2v) is 15.3. The van der Waals surface area contributed by atoms with Crippen molar-refractivity contribution >= 4 is 17.9 Å². The zero-order chi connectivity index (χ0) is 42.3. The Kier molecular flexibility index (Phi) is 43.6. The Bertz CT molecular complexity index is 1160. The van der Waals surface area contributed by atoms with Crippen LogP contribution in [0.1, 0.15) is 207 Å². The van der Waals surface area contributed by atoms with E-state index in [0.717, 1.165) is 96.3 Å². The first-order chi connectivity index (χ1) is 28.5. The Morgan fingerprint density at radius 3 is 1.29 bits per heavy atom. The standard InChI is InChI=1S/C52H86O6/c1-4-7-10-13-16-19-22-24-25-26-28-30-33-36-39-42-45-51(54)57-48-49(47-56-50(53)44-41-38-35-32-29-21-18-15-12-9-6-3)58-52(55)46-43-40-37-34-31-27-23-20-17-14-11-8-5-2/h7,10,15-16,18-19,21,24-25,27,29,31,37,40,49H,4-6,8-9,11-14,17,20,22-23,26,28,30,32-36,38-39,41-48H2,1-3H3/b10-7-,18-15-,19-16-,25-24-,29-21-,31-27-,40-37-. The number of rotatable bonds is 41. The molecule has 0 amide bonds. The minimum Gasteiger partial charge on any atom is -0.462 e. The van der Waals surface area contributed by atoms with Crippen molar-refractivity contribution in [1.29, 1.82) is 0 Å². The third-order valence-corrected chi connectivity index (χ3v) is 9.64. The lowest BCUT2D eigenvalue weighted by atomic mass is 10.1. The van der Waals surface area contributed by atoms with Gasteiger partial charge in [-0.15, -0.1) is 0 Å². The van der Waals surface area contributed by atoms with Crippen LogP contribution in [0.15, 0.2) is 85.1 Å². The van der Waals surface area contributed by atoms with Crippen molar-refractivity contribution in [3.8, 4) is 0 Å². The topological polar surface area (TPSA) is 78.9 Å². The van der Waals surface area contributed by atoms with Crippen LogP contribution in [0.2, 0.25) is 0 Å². The monoisotopic (exact) mass is 807 g/mol.